The van der Waals surface area contributed by atoms with Crippen molar-refractivity contribution in [1.29, 1.82) is 0 Å². The van der Waals surface area contributed by atoms with Crippen molar-refractivity contribution in [3.8, 4) is 5.75 Å². The quantitative estimate of drug-likeness (QED) is 0.686. The lowest BCUT2D eigenvalue weighted by Gasteiger charge is -2.13. The van der Waals surface area contributed by atoms with E-state index in [-0.39, 0.29) is 6.07 Å². The molecule has 1 aromatic heterocycles. The second kappa shape index (κ2) is 4.92. The molecule has 0 aliphatic heterocycles. The van der Waals surface area contributed by atoms with Gasteiger partial charge in [0.1, 0.15) is 22.2 Å². The van der Waals surface area contributed by atoms with Gasteiger partial charge < -0.3 is 9.84 Å². The Bertz CT molecular complexity index is 477. The number of hydrogen-bond acceptors (Lipinski definition) is 3. The minimum Gasteiger partial charge on any atom is -0.477 e. The molecular formula is C8H3ClF5NO3. The van der Waals surface area contributed by atoms with Crippen molar-refractivity contribution in [2.75, 3.05) is 0 Å². The third kappa shape index (κ3) is 3.42. The van der Waals surface area contributed by atoms with Crippen LogP contribution in [0.25, 0.3) is 0 Å². The van der Waals surface area contributed by atoms with E-state index in [1.165, 1.54) is 0 Å². The Morgan fingerprint density at radius 3 is 2.39 bits per heavy atom. The van der Waals surface area contributed by atoms with E-state index in [9.17, 15) is 26.7 Å². The maximum Gasteiger partial charge on any atom is 0.573 e. The number of aromatic nitrogens is 1. The lowest BCUT2D eigenvalue weighted by molar-refractivity contribution is -0.274. The summed E-state index contributed by atoms with van der Waals surface area (Å²) in [6, 6.07) is 0.174. The van der Waals surface area contributed by atoms with Crippen LogP contribution in [-0.2, 0) is 0 Å². The molecule has 1 N–H and O–H groups in total. The smallest absolute Gasteiger partial charge is 0.477 e. The summed E-state index contributed by atoms with van der Waals surface area (Å²) >= 11 is 5.23. The summed E-state index contributed by atoms with van der Waals surface area (Å²) in [6.45, 7) is 0. The van der Waals surface area contributed by atoms with Crippen LogP contribution in [0.15, 0.2) is 6.07 Å². The average Bonchev–Trinajstić information content (AvgIpc) is 2.12. The van der Waals surface area contributed by atoms with E-state index in [0.29, 0.717) is 0 Å². The molecule has 0 unspecified atom stereocenters. The first-order valence-electron chi connectivity index (χ1n) is 4.09. The fourth-order valence-corrected chi connectivity index (χ4v) is 1.29. The topological polar surface area (TPSA) is 59.4 Å². The van der Waals surface area contributed by atoms with E-state index in [0.717, 1.165) is 0 Å². The summed E-state index contributed by atoms with van der Waals surface area (Å²) in [5.41, 5.74) is -2.26. The van der Waals surface area contributed by atoms with Gasteiger partial charge in [-0.3, -0.25) is 0 Å². The first-order valence-corrected chi connectivity index (χ1v) is 4.47. The minimum absolute atomic E-state index is 0.174. The molecule has 1 heterocycles. The summed E-state index contributed by atoms with van der Waals surface area (Å²) < 4.78 is 63.9. The van der Waals surface area contributed by atoms with E-state index in [1.807, 2.05) is 0 Å². The van der Waals surface area contributed by atoms with Crippen LogP contribution in [0, 0.1) is 0 Å². The van der Waals surface area contributed by atoms with Crippen molar-refractivity contribution < 1.29 is 36.6 Å². The highest BCUT2D eigenvalue weighted by Gasteiger charge is 2.35. The van der Waals surface area contributed by atoms with Crippen molar-refractivity contribution in [3.05, 3.63) is 22.5 Å². The number of hydrogen-bond donors (Lipinski definition) is 1. The van der Waals surface area contributed by atoms with Crippen molar-refractivity contribution >= 4 is 17.6 Å². The molecular weight excluding hydrogens is 289 g/mol. The highest BCUT2D eigenvalue weighted by molar-refractivity contribution is 6.32. The van der Waals surface area contributed by atoms with Gasteiger partial charge in [0.2, 0.25) is 0 Å². The molecule has 0 fully saturated rings. The van der Waals surface area contributed by atoms with Crippen molar-refractivity contribution in [2.24, 2.45) is 0 Å². The number of alkyl halides is 5. The van der Waals surface area contributed by atoms with Crippen LogP contribution in [0.5, 0.6) is 5.75 Å². The molecule has 1 rings (SSSR count). The normalized spacial score (nSPS) is 11.7. The third-order valence-electron chi connectivity index (χ3n) is 1.62. The number of rotatable bonds is 3. The van der Waals surface area contributed by atoms with Gasteiger partial charge in [-0.2, -0.15) is 0 Å². The van der Waals surface area contributed by atoms with Gasteiger partial charge in [0, 0.05) is 6.07 Å². The molecule has 1 aromatic rings. The predicted octanol–water partition coefficient (Wildman–Crippen LogP) is 3.27. The number of carboxylic acids is 1. The number of carbonyl (C=O) groups is 1. The zero-order chi connectivity index (χ0) is 14.1. The van der Waals surface area contributed by atoms with Gasteiger partial charge in [-0.1, -0.05) is 11.6 Å². The summed E-state index contributed by atoms with van der Waals surface area (Å²) in [7, 11) is 0. The van der Waals surface area contributed by atoms with Gasteiger partial charge in [-0.25, -0.2) is 18.6 Å². The number of halogens is 6. The molecule has 0 bridgehead atoms. The number of aromatic carboxylic acids is 1. The van der Waals surface area contributed by atoms with Crippen LogP contribution < -0.4 is 4.74 Å². The summed E-state index contributed by atoms with van der Waals surface area (Å²) in [6.07, 6.45) is -8.46. The number of pyridine rings is 1. The van der Waals surface area contributed by atoms with E-state index >= 15 is 0 Å². The zero-order valence-corrected chi connectivity index (χ0v) is 8.89. The Kier molecular flexibility index (Phi) is 3.95. The van der Waals surface area contributed by atoms with E-state index in [4.69, 9.17) is 16.7 Å². The van der Waals surface area contributed by atoms with Gasteiger partial charge in [-0.05, 0) is 0 Å². The van der Waals surface area contributed by atoms with E-state index < -0.39 is 40.9 Å². The Morgan fingerprint density at radius 1 is 1.44 bits per heavy atom. The van der Waals surface area contributed by atoms with E-state index in [2.05, 4.69) is 9.72 Å². The molecule has 0 saturated carbocycles. The maximum atomic E-state index is 12.3. The summed E-state index contributed by atoms with van der Waals surface area (Å²) in [4.78, 5) is 13.6. The second-order valence-electron chi connectivity index (χ2n) is 2.86. The van der Waals surface area contributed by atoms with E-state index in [1.54, 1.807) is 0 Å². The highest BCUT2D eigenvalue weighted by atomic mass is 35.5. The molecule has 100 valence electrons. The molecule has 0 radical (unpaired) electrons. The molecule has 10 heteroatoms. The molecule has 18 heavy (non-hydrogen) atoms. The molecule has 4 nitrogen and oxygen atoms in total. The van der Waals surface area contributed by atoms with Crippen LogP contribution in [0.4, 0.5) is 22.0 Å². The molecule has 0 amide bonds. The van der Waals surface area contributed by atoms with Gasteiger partial charge in [0.05, 0.1) is 0 Å². The Labute approximate surface area is 101 Å². The van der Waals surface area contributed by atoms with Gasteiger partial charge in [0.25, 0.3) is 6.43 Å². The first kappa shape index (κ1) is 14.4. The predicted molar refractivity (Wildman–Crippen MR) is 47.8 cm³/mol. The van der Waals surface area contributed by atoms with Crippen molar-refractivity contribution in [3.63, 3.8) is 0 Å². The lowest BCUT2D eigenvalue weighted by atomic mass is 10.2. The monoisotopic (exact) mass is 291 g/mol. The molecule has 0 atom stereocenters. The van der Waals surface area contributed by atoms with Crippen molar-refractivity contribution in [1.82, 2.24) is 4.98 Å². The Morgan fingerprint density at radius 2 is 2.00 bits per heavy atom. The molecule has 0 saturated heterocycles. The zero-order valence-electron chi connectivity index (χ0n) is 8.13. The largest absolute Gasteiger partial charge is 0.573 e. The van der Waals surface area contributed by atoms with Gasteiger partial charge in [-0.15, -0.1) is 13.2 Å². The second-order valence-corrected chi connectivity index (χ2v) is 3.22. The lowest BCUT2D eigenvalue weighted by Crippen LogP contribution is -2.20. The van der Waals surface area contributed by atoms with Crippen LogP contribution >= 0.6 is 11.6 Å². The van der Waals surface area contributed by atoms with Crippen LogP contribution in [0.1, 0.15) is 22.5 Å². The number of nitrogens with zero attached hydrogens (tertiary/aromatic N) is 1. The SMILES string of the molecule is O=C(O)c1c(OC(F)(F)F)cc(C(F)F)nc1Cl. The molecule has 0 aliphatic carbocycles. The fourth-order valence-electron chi connectivity index (χ4n) is 1.02. The standard InChI is InChI=1S/C8H3ClF5NO3/c9-5-4(7(16)17)3(18-8(12,13)14)1-2(15-5)6(10)11/h1,6H,(H,16,17). The molecule has 0 aromatic carbocycles. The maximum absolute atomic E-state index is 12.3. The highest BCUT2D eigenvalue weighted by Crippen LogP contribution is 2.33. The number of ether oxygens (including phenoxy) is 1. The van der Waals surface area contributed by atoms with Crippen LogP contribution in [0.2, 0.25) is 5.15 Å². The minimum atomic E-state index is -5.24. The number of carboxylic acid groups (broad SMARTS) is 1. The average molecular weight is 292 g/mol. The first-order chi connectivity index (χ1) is 8.11. The van der Waals surface area contributed by atoms with Crippen LogP contribution in [0.3, 0.4) is 0 Å². The molecule has 0 aliphatic rings. The molecule has 0 spiro atoms. The van der Waals surface area contributed by atoms with Crippen molar-refractivity contribution in [2.45, 2.75) is 12.8 Å². The third-order valence-corrected chi connectivity index (χ3v) is 1.90. The summed E-state index contributed by atoms with van der Waals surface area (Å²) in [5, 5.41) is 7.60. The van der Waals surface area contributed by atoms with Crippen LogP contribution in [-0.4, -0.2) is 22.4 Å². The Hall–Kier alpha value is -1.64. The fraction of sp³-hybridized carbons (Fsp3) is 0.250. The summed E-state index contributed by atoms with van der Waals surface area (Å²) in [5.74, 6) is -3.22. The van der Waals surface area contributed by atoms with Gasteiger partial charge in [0.15, 0.2) is 0 Å². The van der Waals surface area contributed by atoms with Gasteiger partial charge >= 0.3 is 12.3 Å². The Balaban J connectivity index is 3.38.